The molecule has 0 rings (SSSR count). The van der Waals surface area contributed by atoms with Crippen LogP contribution >= 0.6 is 0 Å². The van der Waals surface area contributed by atoms with E-state index in [1.54, 1.807) is 0 Å². The highest BCUT2D eigenvalue weighted by atomic mass is 16.5. The largest absolute Gasteiger partial charge is 0.480 e. The van der Waals surface area contributed by atoms with Gasteiger partial charge in [0.15, 0.2) is 0 Å². The first-order chi connectivity index (χ1) is 15.7. The number of hydrogen-bond acceptors (Lipinski definition) is 7. The Balaban J connectivity index is 0. The monoisotopic (exact) mass is 474 g/mol. The summed E-state index contributed by atoms with van der Waals surface area (Å²) in [6, 6.07) is -0.979. The van der Waals surface area contributed by atoms with Crippen LogP contribution in [0.25, 0.3) is 0 Å². The summed E-state index contributed by atoms with van der Waals surface area (Å²) in [6.07, 6.45) is 17.7. The fraction of sp³-hybridized carbons (Fsp3) is 0.792. The summed E-state index contributed by atoms with van der Waals surface area (Å²) in [7, 11) is 0. The molecule has 194 valence electrons. The van der Waals surface area contributed by atoms with Crippen molar-refractivity contribution in [1.82, 2.24) is 0 Å². The normalized spacial score (nSPS) is 12.6. The number of hydrogen-bond donors (Lipinski definition) is 5. The average molecular weight is 475 g/mol. The maximum Gasteiger partial charge on any atom is 0.330 e. The van der Waals surface area contributed by atoms with Crippen molar-refractivity contribution in [2.75, 3.05) is 13.2 Å². The lowest BCUT2D eigenvalue weighted by Crippen LogP contribution is -2.31. The first-order valence-corrected chi connectivity index (χ1v) is 12.1. The van der Waals surface area contributed by atoms with Gasteiger partial charge in [-0.1, -0.05) is 77.2 Å². The van der Waals surface area contributed by atoms with Gasteiger partial charge in [0.2, 0.25) is 5.91 Å². The Morgan fingerprint density at radius 3 is 1.91 bits per heavy atom. The quantitative estimate of drug-likeness (QED) is 0.102. The van der Waals surface area contributed by atoms with E-state index < -0.39 is 36.6 Å². The number of carboxylic acids is 1. The number of carboxylic acid groups (broad SMARTS) is 1. The van der Waals surface area contributed by atoms with Gasteiger partial charge < -0.3 is 31.5 Å². The molecule has 0 aromatic rings. The summed E-state index contributed by atoms with van der Waals surface area (Å²) < 4.78 is 4.77. The van der Waals surface area contributed by atoms with E-state index in [1.807, 2.05) is 6.08 Å². The predicted octanol–water partition coefficient (Wildman–Crippen LogP) is 2.80. The molecule has 0 spiro atoms. The van der Waals surface area contributed by atoms with E-state index in [1.165, 1.54) is 70.3 Å². The number of esters is 1. The molecule has 9 nitrogen and oxygen atoms in total. The Hall–Kier alpha value is -1.97. The van der Waals surface area contributed by atoms with Crippen LogP contribution in [0.2, 0.25) is 0 Å². The lowest BCUT2D eigenvalue weighted by atomic mass is 10.1. The number of aliphatic hydroxyl groups is 2. The summed E-state index contributed by atoms with van der Waals surface area (Å²) in [5.41, 5.74) is 9.81. The van der Waals surface area contributed by atoms with Crippen LogP contribution in [-0.4, -0.2) is 58.5 Å². The number of aliphatic hydroxyl groups excluding tert-OH is 2. The van der Waals surface area contributed by atoms with Crippen LogP contribution in [0, 0.1) is 0 Å². The van der Waals surface area contributed by atoms with Crippen LogP contribution in [0.4, 0.5) is 0 Å². The van der Waals surface area contributed by atoms with Gasteiger partial charge in [0.25, 0.3) is 0 Å². The van der Waals surface area contributed by atoms with Gasteiger partial charge in [-0.15, -0.1) is 0 Å². The van der Waals surface area contributed by atoms with Crippen molar-refractivity contribution in [3.63, 3.8) is 0 Å². The summed E-state index contributed by atoms with van der Waals surface area (Å²) in [5, 5.41) is 25.8. The molecule has 0 aliphatic carbocycles. The smallest absolute Gasteiger partial charge is 0.330 e. The van der Waals surface area contributed by atoms with Crippen LogP contribution in [0.15, 0.2) is 12.2 Å². The molecule has 0 saturated heterocycles. The van der Waals surface area contributed by atoms with Gasteiger partial charge in [-0.25, -0.2) is 4.79 Å². The highest BCUT2D eigenvalue weighted by Crippen LogP contribution is 2.12. The topological polar surface area (TPSA) is 173 Å². The molecule has 0 aromatic heterocycles. The molecule has 0 aliphatic rings. The Morgan fingerprint density at radius 2 is 1.45 bits per heavy atom. The molecule has 0 radical (unpaired) electrons. The van der Waals surface area contributed by atoms with Crippen molar-refractivity contribution in [1.29, 1.82) is 0 Å². The maximum atomic E-state index is 11.3. The van der Waals surface area contributed by atoms with Gasteiger partial charge in [0.1, 0.15) is 18.8 Å². The van der Waals surface area contributed by atoms with Crippen molar-refractivity contribution < 1.29 is 34.4 Å². The summed E-state index contributed by atoms with van der Waals surface area (Å²) in [6.45, 7) is 1.70. The van der Waals surface area contributed by atoms with Gasteiger partial charge in [0, 0.05) is 12.5 Å². The van der Waals surface area contributed by atoms with Crippen molar-refractivity contribution in [2.45, 2.75) is 109 Å². The molecule has 0 saturated carbocycles. The molecule has 9 heteroatoms. The van der Waals surface area contributed by atoms with Gasteiger partial charge in [0.05, 0.1) is 6.61 Å². The molecule has 33 heavy (non-hydrogen) atoms. The molecule has 0 bridgehead atoms. The number of carbonyl (C=O) groups excluding carboxylic acids is 2. The van der Waals surface area contributed by atoms with E-state index in [-0.39, 0.29) is 19.4 Å². The standard InChI is InChI=1S/C19H36O4.C5H10N2O3/c1-2-3-4-5-6-7-8-9-10-11-12-13-14-15-19(22)23-17-18(21)16-20;6-3(5(9)10)1-2-4(7)8/h14-15,18,20-21H,2-13,16-17H2,1H3;3H,1-2,6H2,(H2,7,8)(H,9,10)/t;3-/m.0/s1. The lowest BCUT2D eigenvalue weighted by molar-refractivity contribution is -0.141. The average Bonchev–Trinajstić information content (AvgIpc) is 2.79. The third-order valence-corrected chi connectivity index (χ3v) is 4.88. The van der Waals surface area contributed by atoms with Crippen LogP contribution in [0.1, 0.15) is 96.8 Å². The minimum atomic E-state index is -1.11. The summed E-state index contributed by atoms with van der Waals surface area (Å²) >= 11 is 0. The fourth-order valence-electron chi connectivity index (χ4n) is 2.81. The summed E-state index contributed by atoms with van der Waals surface area (Å²) in [4.78, 5) is 31.4. The van der Waals surface area contributed by atoms with Crippen molar-refractivity contribution in [3.8, 4) is 0 Å². The van der Waals surface area contributed by atoms with E-state index in [9.17, 15) is 14.4 Å². The molecular formula is C24H46N2O7. The van der Waals surface area contributed by atoms with Gasteiger partial charge in [-0.3, -0.25) is 9.59 Å². The van der Waals surface area contributed by atoms with Crippen molar-refractivity contribution >= 4 is 17.8 Å². The van der Waals surface area contributed by atoms with Crippen LogP contribution in [-0.2, 0) is 19.1 Å². The highest BCUT2D eigenvalue weighted by molar-refractivity contribution is 5.81. The second kappa shape index (κ2) is 24.7. The Bertz CT molecular complexity index is 527. The van der Waals surface area contributed by atoms with Crippen molar-refractivity contribution in [3.05, 3.63) is 12.2 Å². The number of nitrogens with two attached hydrogens (primary N) is 2. The van der Waals surface area contributed by atoms with Crippen LogP contribution in [0.5, 0.6) is 0 Å². The fourth-order valence-corrected chi connectivity index (χ4v) is 2.81. The first-order valence-electron chi connectivity index (χ1n) is 12.1. The molecule has 0 aliphatic heterocycles. The third-order valence-electron chi connectivity index (χ3n) is 4.88. The number of ether oxygens (including phenoxy) is 1. The van der Waals surface area contributed by atoms with Gasteiger partial charge >= 0.3 is 11.9 Å². The molecule has 2 atom stereocenters. The Labute approximate surface area is 198 Å². The van der Waals surface area contributed by atoms with E-state index in [0.29, 0.717) is 0 Å². The Morgan fingerprint density at radius 1 is 0.939 bits per heavy atom. The number of allylic oxidation sites excluding steroid dienone is 1. The van der Waals surface area contributed by atoms with E-state index in [4.69, 9.17) is 31.5 Å². The minimum absolute atomic E-state index is 0.0213. The molecule has 0 aromatic carbocycles. The number of unbranched alkanes of at least 4 members (excludes halogenated alkanes) is 11. The molecule has 0 fully saturated rings. The molecule has 1 amide bonds. The predicted molar refractivity (Wildman–Crippen MR) is 128 cm³/mol. The summed E-state index contributed by atoms with van der Waals surface area (Å²) in [5.74, 6) is -2.10. The number of aliphatic carboxylic acids is 1. The number of rotatable bonds is 20. The van der Waals surface area contributed by atoms with Crippen molar-refractivity contribution in [2.24, 2.45) is 11.5 Å². The zero-order chi connectivity index (χ0) is 25.3. The van der Waals surface area contributed by atoms with E-state index in [0.717, 1.165) is 12.8 Å². The molecule has 7 N–H and O–H groups in total. The molecule has 0 heterocycles. The number of carbonyl (C=O) groups is 3. The highest BCUT2D eigenvalue weighted by Gasteiger charge is 2.11. The zero-order valence-corrected chi connectivity index (χ0v) is 20.3. The number of amides is 1. The van der Waals surface area contributed by atoms with Gasteiger partial charge in [-0.2, -0.15) is 0 Å². The minimum Gasteiger partial charge on any atom is -0.480 e. The zero-order valence-electron chi connectivity index (χ0n) is 20.3. The Kier molecular flexibility index (Phi) is 24.8. The van der Waals surface area contributed by atoms with Gasteiger partial charge in [-0.05, 0) is 19.3 Å². The first kappa shape index (κ1) is 33.2. The molecular weight excluding hydrogens is 428 g/mol. The van der Waals surface area contributed by atoms with Crippen LogP contribution in [0.3, 0.4) is 0 Å². The van der Waals surface area contributed by atoms with E-state index in [2.05, 4.69) is 6.92 Å². The third kappa shape index (κ3) is 28.0. The maximum absolute atomic E-state index is 11.3. The second-order valence-electron chi connectivity index (χ2n) is 8.14. The van der Waals surface area contributed by atoms with E-state index >= 15 is 0 Å². The van der Waals surface area contributed by atoms with Crippen LogP contribution < -0.4 is 11.5 Å². The lowest BCUT2D eigenvalue weighted by Gasteiger charge is -2.06. The SMILES string of the molecule is CCCCCCCCCCCCCC=CC(=O)OCC(O)CO.NC(=O)CC[C@H](N)C(=O)O. The molecule has 1 unspecified atom stereocenters. The second-order valence-corrected chi connectivity index (χ2v) is 8.14. The number of primary amides is 1.